The van der Waals surface area contributed by atoms with Crippen LogP contribution in [0.3, 0.4) is 0 Å². The lowest BCUT2D eigenvalue weighted by molar-refractivity contribution is -0.141. The van der Waals surface area contributed by atoms with Crippen LogP contribution < -0.4 is 5.32 Å². The predicted octanol–water partition coefficient (Wildman–Crippen LogP) is 1.84. The highest BCUT2D eigenvalue weighted by Crippen LogP contribution is 2.10. The molecule has 0 spiro atoms. The lowest BCUT2D eigenvalue weighted by atomic mass is 10.2. The zero-order valence-electron chi connectivity index (χ0n) is 10.4. The van der Waals surface area contributed by atoms with Crippen LogP contribution >= 0.6 is 23.5 Å². The number of carbonyl (C=O) groups excluding carboxylic acids is 1. The minimum atomic E-state index is -0.956. The largest absolute Gasteiger partial charge is 0.480 e. The minimum Gasteiger partial charge on any atom is -0.480 e. The van der Waals surface area contributed by atoms with Gasteiger partial charge in [0.1, 0.15) is 6.04 Å². The van der Waals surface area contributed by atoms with Crippen LogP contribution in [0, 0.1) is 0 Å². The number of aliphatic carboxylic acids is 1. The Balaban J connectivity index is 3.55. The second kappa shape index (κ2) is 10.8. The zero-order valence-corrected chi connectivity index (χ0v) is 12.0. The molecule has 6 heteroatoms. The summed E-state index contributed by atoms with van der Waals surface area (Å²) in [5.74, 6) is 2.89. The molecule has 1 unspecified atom stereocenters. The molecular weight excluding hydrogens is 258 g/mol. The summed E-state index contributed by atoms with van der Waals surface area (Å²) in [5, 5.41) is 11.3. The van der Waals surface area contributed by atoms with E-state index < -0.39 is 12.0 Å². The standard InChI is InChI=1S/C11H21NO3S2/c1-3-16-6-4-7-17-8-5-10(11(14)15)12-9(2)13/h10H,3-8H2,1-2H3,(H,12,13)(H,14,15). The van der Waals surface area contributed by atoms with Crippen LogP contribution in [0.15, 0.2) is 0 Å². The van der Waals surface area contributed by atoms with Crippen LogP contribution in [0.4, 0.5) is 0 Å². The number of carbonyl (C=O) groups is 2. The normalized spacial score (nSPS) is 12.1. The molecule has 0 saturated carbocycles. The molecule has 100 valence electrons. The van der Waals surface area contributed by atoms with Gasteiger partial charge in [0, 0.05) is 6.92 Å². The molecule has 0 radical (unpaired) electrons. The van der Waals surface area contributed by atoms with E-state index in [2.05, 4.69) is 12.2 Å². The molecule has 4 nitrogen and oxygen atoms in total. The molecule has 0 fully saturated rings. The van der Waals surface area contributed by atoms with Gasteiger partial charge in [-0.3, -0.25) is 4.79 Å². The highest BCUT2D eigenvalue weighted by molar-refractivity contribution is 8.00. The van der Waals surface area contributed by atoms with Crippen molar-refractivity contribution in [1.29, 1.82) is 0 Å². The van der Waals surface area contributed by atoms with E-state index in [9.17, 15) is 9.59 Å². The van der Waals surface area contributed by atoms with Gasteiger partial charge in [-0.05, 0) is 35.9 Å². The van der Waals surface area contributed by atoms with Crippen LogP contribution in [0.2, 0.25) is 0 Å². The second-order valence-corrected chi connectivity index (χ2v) is 6.16. The van der Waals surface area contributed by atoms with Crippen molar-refractivity contribution in [2.24, 2.45) is 0 Å². The average Bonchev–Trinajstić information content (AvgIpc) is 2.25. The summed E-state index contributed by atoms with van der Waals surface area (Å²) in [6.45, 7) is 3.48. The van der Waals surface area contributed by atoms with Crippen molar-refractivity contribution in [3.8, 4) is 0 Å². The predicted molar refractivity (Wildman–Crippen MR) is 74.8 cm³/mol. The molecule has 0 aliphatic carbocycles. The zero-order chi connectivity index (χ0) is 13.1. The van der Waals surface area contributed by atoms with Crippen molar-refractivity contribution in [1.82, 2.24) is 5.32 Å². The number of thioether (sulfide) groups is 2. The number of amides is 1. The Hall–Kier alpha value is -0.360. The summed E-state index contributed by atoms with van der Waals surface area (Å²) in [4.78, 5) is 21.6. The fraction of sp³-hybridized carbons (Fsp3) is 0.818. The number of hydrogen-bond donors (Lipinski definition) is 2. The topological polar surface area (TPSA) is 66.4 Å². The summed E-state index contributed by atoms with van der Waals surface area (Å²) in [5.41, 5.74) is 0. The minimum absolute atomic E-state index is 0.290. The fourth-order valence-corrected chi connectivity index (χ4v) is 2.99. The van der Waals surface area contributed by atoms with Gasteiger partial charge in [-0.2, -0.15) is 23.5 Å². The Kier molecular flexibility index (Phi) is 10.5. The first-order valence-electron chi connectivity index (χ1n) is 5.73. The first-order chi connectivity index (χ1) is 8.07. The van der Waals surface area contributed by atoms with Gasteiger partial charge in [0.25, 0.3) is 0 Å². The molecular formula is C11H21NO3S2. The lowest BCUT2D eigenvalue weighted by Crippen LogP contribution is -2.39. The molecule has 17 heavy (non-hydrogen) atoms. The molecule has 0 aromatic rings. The summed E-state index contributed by atoms with van der Waals surface area (Å²) >= 11 is 3.67. The monoisotopic (exact) mass is 279 g/mol. The van der Waals surface area contributed by atoms with Crippen LogP contribution in [0.25, 0.3) is 0 Å². The third kappa shape index (κ3) is 10.5. The van der Waals surface area contributed by atoms with Gasteiger partial charge in [0.2, 0.25) is 5.91 Å². The number of carboxylic acid groups (broad SMARTS) is 1. The number of nitrogens with one attached hydrogen (secondary N) is 1. The van der Waals surface area contributed by atoms with Crippen LogP contribution in [0.1, 0.15) is 26.7 Å². The molecule has 2 N–H and O–H groups in total. The van der Waals surface area contributed by atoms with Gasteiger partial charge in [0.05, 0.1) is 0 Å². The van der Waals surface area contributed by atoms with Gasteiger partial charge >= 0.3 is 5.97 Å². The smallest absolute Gasteiger partial charge is 0.326 e. The van der Waals surface area contributed by atoms with E-state index in [4.69, 9.17) is 5.11 Å². The molecule has 0 aromatic heterocycles. The first kappa shape index (κ1) is 16.6. The van der Waals surface area contributed by atoms with E-state index >= 15 is 0 Å². The van der Waals surface area contributed by atoms with E-state index in [0.29, 0.717) is 6.42 Å². The van der Waals surface area contributed by atoms with Crippen LogP contribution in [0.5, 0.6) is 0 Å². The van der Waals surface area contributed by atoms with Gasteiger partial charge in [-0.15, -0.1) is 0 Å². The maximum atomic E-state index is 10.8. The van der Waals surface area contributed by atoms with Gasteiger partial charge in [-0.1, -0.05) is 6.92 Å². The molecule has 1 amide bonds. The highest BCUT2D eigenvalue weighted by Gasteiger charge is 2.17. The van der Waals surface area contributed by atoms with Gasteiger partial charge < -0.3 is 10.4 Å². The van der Waals surface area contributed by atoms with E-state index in [1.165, 1.54) is 6.92 Å². The Morgan fingerprint density at radius 2 is 1.88 bits per heavy atom. The Bertz CT molecular complexity index is 237. The molecule has 0 heterocycles. The summed E-state index contributed by atoms with van der Waals surface area (Å²) < 4.78 is 0. The summed E-state index contributed by atoms with van der Waals surface area (Å²) in [6, 6.07) is -0.745. The SMILES string of the molecule is CCSCCCSCCC(NC(C)=O)C(=O)O. The number of hydrogen-bond acceptors (Lipinski definition) is 4. The van der Waals surface area contributed by atoms with E-state index in [1.807, 2.05) is 11.8 Å². The second-order valence-electron chi connectivity index (χ2n) is 3.54. The number of carboxylic acids is 1. The Labute approximate surface area is 111 Å². The molecule has 0 rings (SSSR count). The summed E-state index contributed by atoms with van der Waals surface area (Å²) in [7, 11) is 0. The van der Waals surface area contributed by atoms with Gasteiger partial charge in [0.15, 0.2) is 0 Å². The van der Waals surface area contributed by atoms with Crippen molar-refractivity contribution in [2.75, 3.05) is 23.0 Å². The first-order valence-corrected chi connectivity index (χ1v) is 8.04. The highest BCUT2D eigenvalue weighted by atomic mass is 32.2. The third-order valence-electron chi connectivity index (χ3n) is 2.01. The molecule has 0 aliphatic heterocycles. The molecule has 0 aliphatic rings. The Morgan fingerprint density at radius 3 is 2.41 bits per heavy atom. The average molecular weight is 279 g/mol. The Morgan fingerprint density at radius 1 is 1.24 bits per heavy atom. The van der Waals surface area contributed by atoms with Crippen molar-refractivity contribution in [2.45, 2.75) is 32.7 Å². The van der Waals surface area contributed by atoms with Crippen molar-refractivity contribution in [3.63, 3.8) is 0 Å². The van der Waals surface area contributed by atoms with Crippen molar-refractivity contribution < 1.29 is 14.7 Å². The van der Waals surface area contributed by atoms with E-state index in [0.717, 1.165) is 29.4 Å². The third-order valence-corrected chi connectivity index (χ3v) is 4.10. The maximum Gasteiger partial charge on any atom is 0.326 e. The van der Waals surface area contributed by atoms with Crippen molar-refractivity contribution >= 4 is 35.4 Å². The maximum absolute atomic E-state index is 10.8. The quantitative estimate of drug-likeness (QED) is 0.597. The fourth-order valence-electron chi connectivity index (χ4n) is 1.21. The van der Waals surface area contributed by atoms with E-state index in [-0.39, 0.29) is 5.91 Å². The van der Waals surface area contributed by atoms with Crippen LogP contribution in [-0.2, 0) is 9.59 Å². The van der Waals surface area contributed by atoms with Gasteiger partial charge in [-0.25, -0.2) is 4.79 Å². The van der Waals surface area contributed by atoms with E-state index in [1.54, 1.807) is 11.8 Å². The molecule has 0 saturated heterocycles. The molecule has 0 bridgehead atoms. The van der Waals surface area contributed by atoms with Crippen LogP contribution in [-0.4, -0.2) is 46.0 Å². The molecule has 0 aromatic carbocycles. The van der Waals surface area contributed by atoms with Crippen molar-refractivity contribution in [3.05, 3.63) is 0 Å². The summed E-state index contributed by atoms with van der Waals surface area (Å²) in [6.07, 6.45) is 1.64. The molecule has 1 atom stereocenters. The lowest BCUT2D eigenvalue weighted by Gasteiger charge is -2.12. The number of rotatable bonds is 10.